The molecule has 34 heavy (non-hydrogen) atoms. The molecular formula is C27H43O7-. The number of fused-ring (bicyclic) bond motifs is 5. The van der Waals surface area contributed by atoms with Gasteiger partial charge in [-0.3, -0.25) is 4.79 Å². The van der Waals surface area contributed by atoms with Crippen molar-refractivity contribution >= 4 is 5.78 Å². The lowest BCUT2D eigenvalue weighted by molar-refractivity contribution is -0.512. The molecule has 4 aliphatic rings. The maximum atomic E-state index is 13.9. The Morgan fingerprint density at radius 2 is 1.76 bits per heavy atom. The summed E-state index contributed by atoms with van der Waals surface area (Å²) < 4.78 is 0. The first-order valence-corrected chi connectivity index (χ1v) is 12.9. The van der Waals surface area contributed by atoms with E-state index in [-0.39, 0.29) is 24.5 Å². The van der Waals surface area contributed by atoms with Crippen LogP contribution in [0.2, 0.25) is 0 Å². The van der Waals surface area contributed by atoms with E-state index < -0.39 is 57.8 Å². The molecular weight excluding hydrogens is 436 g/mol. The number of aliphatic hydroxyl groups excluding tert-OH is 3. The predicted octanol–water partition coefficient (Wildman–Crippen LogP) is 1.22. The second-order valence-electron chi connectivity index (χ2n) is 13.1. The van der Waals surface area contributed by atoms with Gasteiger partial charge in [-0.2, -0.15) is 0 Å². The summed E-state index contributed by atoms with van der Waals surface area (Å²) in [6.07, 6.45) is 1.67. The lowest BCUT2D eigenvalue weighted by atomic mass is 9.45. The monoisotopic (exact) mass is 479 g/mol. The Morgan fingerprint density at radius 1 is 1.12 bits per heavy atom. The van der Waals surface area contributed by atoms with Crippen LogP contribution in [0.15, 0.2) is 11.6 Å². The number of hydrogen-bond acceptors (Lipinski definition) is 7. The summed E-state index contributed by atoms with van der Waals surface area (Å²) in [5.74, 6) is -1.11. The molecule has 0 aromatic heterocycles. The zero-order valence-electron chi connectivity index (χ0n) is 21.3. The highest BCUT2D eigenvalue weighted by molar-refractivity contribution is 5.95. The lowest BCUT2D eigenvalue weighted by Gasteiger charge is -2.62. The normalized spacial score (nSPS) is 47.2. The van der Waals surface area contributed by atoms with Crippen LogP contribution in [0.4, 0.5) is 0 Å². The third kappa shape index (κ3) is 3.73. The second kappa shape index (κ2) is 8.09. The van der Waals surface area contributed by atoms with Gasteiger partial charge in [0.1, 0.15) is 0 Å². The molecule has 7 nitrogen and oxygen atoms in total. The van der Waals surface area contributed by atoms with Gasteiger partial charge in [0.25, 0.3) is 0 Å². The number of allylic oxidation sites excluding steroid dienone is 1. The van der Waals surface area contributed by atoms with Crippen LogP contribution >= 0.6 is 0 Å². The van der Waals surface area contributed by atoms with Crippen LogP contribution in [-0.4, -0.2) is 66.4 Å². The van der Waals surface area contributed by atoms with E-state index in [1.807, 2.05) is 13.8 Å². The maximum absolute atomic E-state index is 13.9. The molecule has 0 aliphatic heterocycles. The minimum atomic E-state index is -1.71. The topological polar surface area (TPSA) is 141 Å². The summed E-state index contributed by atoms with van der Waals surface area (Å²) in [6, 6.07) is 0. The molecule has 5 N–H and O–H groups in total. The van der Waals surface area contributed by atoms with E-state index in [2.05, 4.69) is 0 Å². The van der Waals surface area contributed by atoms with Crippen LogP contribution in [0.5, 0.6) is 0 Å². The number of hydrogen-bond donors (Lipinski definition) is 5. The standard InChI is InChI=1S/C27H43O7/c1-23(2,32)9-8-22(31)26(5,33)21-7-11-27(34)16-12-18(28)17-13-19(29)20(30)14-24(17,3)15(16)6-10-25(21,27)4/h12,15,17,19-22,29-32,34H,6-11,13-14H2,1-5H3/q-1/t15?,17?,19-,20+,21+,22-,24-,25-,26-,27-/m1/s1. The molecule has 3 saturated carbocycles. The van der Waals surface area contributed by atoms with Gasteiger partial charge in [-0.05, 0) is 94.1 Å². The van der Waals surface area contributed by atoms with Gasteiger partial charge in [0.05, 0.1) is 23.4 Å². The SMILES string of the molecule is CC(C)(O)CC[C@@H](O)[C@](C)([O-])[C@H]1CC[C@@]2(O)C3=CC(=O)C4C[C@@H](O)[C@@H](O)C[C@]4(C)C3CC[C@]12C. The molecule has 2 unspecified atom stereocenters. The van der Waals surface area contributed by atoms with Crippen LogP contribution < -0.4 is 5.11 Å². The molecule has 7 heteroatoms. The van der Waals surface area contributed by atoms with Gasteiger partial charge in [-0.25, -0.2) is 0 Å². The summed E-state index contributed by atoms with van der Waals surface area (Å²) >= 11 is 0. The smallest absolute Gasteiger partial charge is 0.159 e. The first-order chi connectivity index (χ1) is 15.5. The Labute approximate surface area is 202 Å². The first kappa shape index (κ1) is 26.2. The molecule has 0 spiro atoms. The zero-order valence-corrected chi connectivity index (χ0v) is 21.3. The Hall–Kier alpha value is -0.830. The maximum Gasteiger partial charge on any atom is 0.159 e. The van der Waals surface area contributed by atoms with Gasteiger partial charge in [0.2, 0.25) is 0 Å². The Kier molecular flexibility index (Phi) is 6.24. The largest absolute Gasteiger partial charge is 0.848 e. The fraction of sp³-hybridized carbons (Fsp3) is 0.889. The Morgan fingerprint density at radius 3 is 2.38 bits per heavy atom. The molecule has 0 saturated heterocycles. The lowest BCUT2D eigenvalue weighted by Crippen LogP contribution is -2.65. The van der Waals surface area contributed by atoms with Crippen molar-refractivity contribution in [1.82, 2.24) is 0 Å². The summed E-state index contributed by atoms with van der Waals surface area (Å²) in [7, 11) is 0. The summed E-state index contributed by atoms with van der Waals surface area (Å²) in [5, 5.41) is 67.7. The average Bonchev–Trinajstić information content (AvgIpc) is 3.00. The average molecular weight is 480 g/mol. The third-order valence-electron chi connectivity index (χ3n) is 10.5. The van der Waals surface area contributed by atoms with E-state index in [0.717, 1.165) is 0 Å². The Balaban J connectivity index is 1.66. The van der Waals surface area contributed by atoms with E-state index in [0.29, 0.717) is 44.1 Å². The molecule has 0 aromatic carbocycles. The van der Waals surface area contributed by atoms with E-state index in [1.54, 1.807) is 19.9 Å². The summed E-state index contributed by atoms with van der Waals surface area (Å²) in [5.41, 5.74) is -4.69. The zero-order chi connectivity index (χ0) is 25.5. The van der Waals surface area contributed by atoms with E-state index in [4.69, 9.17) is 0 Å². The number of carbonyl (C=O) groups excluding carboxylic acids is 1. The fourth-order valence-electron chi connectivity index (χ4n) is 8.30. The molecule has 10 atom stereocenters. The fourth-order valence-corrected chi connectivity index (χ4v) is 8.30. The van der Waals surface area contributed by atoms with Crippen molar-refractivity contribution in [2.75, 3.05) is 0 Å². The highest BCUT2D eigenvalue weighted by atomic mass is 16.3. The van der Waals surface area contributed by atoms with Gasteiger partial charge in [-0.15, -0.1) is 0 Å². The van der Waals surface area contributed by atoms with Crippen LogP contribution in [-0.2, 0) is 4.79 Å². The molecule has 194 valence electrons. The second-order valence-corrected chi connectivity index (χ2v) is 13.1. The van der Waals surface area contributed by atoms with Crippen molar-refractivity contribution < 1.29 is 35.4 Å². The number of rotatable bonds is 5. The Bertz CT molecular complexity index is 860. The molecule has 4 rings (SSSR count). The molecule has 3 fully saturated rings. The highest BCUT2D eigenvalue weighted by Crippen LogP contribution is 2.68. The number of aliphatic hydroxyl groups is 5. The molecule has 0 aromatic rings. The van der Waals surface area contributed by atoms with Gasteiger partial charge in [0.15, 0.2) is 5.78 Å². The number of ketones is 1. The van der Waals surface area contributed by atoms with Crippen molar-refractivity contribution in [3.63, 3.8) is 0 Å². The van der Waals surface area contributed by atoms with Crippen LogP contribution in [0.3, 0.4) is 0 Å². The first-order valence-electron chi connectivity index (χ1n) is 12.9. The van der Waals surface area contributed by atoms with Crippen molar-refractivity contribution in [3.05, 3.63) is 11.6 Å². The molecule has 4 aliphatic carbocycles. The van der Waals surface area contributed by atoms with Crippen LogP contribution in [0, 0.1) is 28.6 Å². The third-order valence-corrected chi connectivity index (χ3v) is 10.5. The van der Waals surface area contributed by atoms with Crippen molar-refractivity contribution in [3.8, 4) is 0 Å². The summed E-state index contributed by atoms with van der Waals surface area (Å²) in [4.78, 5) is 13.2. The molecule has 0 bridgehead atoms. The quantitative estimate of drug-likeness (QED) is 0.399. The van der Waals surface area contributed by atoms with Gasteiger partial charge in [-0.1, -0.05) is 26.4 Å². The van der Waals surface area contributed by atoms with Gasteiger partial charge >= 0.3 is 0 Å². The van der Waals surface area contributed by atoms with E-state index in [1.165, 1.54) is 6.92 Å². The van der Waals surface area contributed by atoms with Crippen LogP contribution in [0.1, 0.15) is 86.0 Å². The van der Waals surface area contributed by atoms with E-state index in [9.17, 15) is 35.4 Å². The summed E-state index contributed by atoms with van der Waals surface area (Å²) in [6.45, 7) is 8.75. The van der Waals surface area contributed by atoms with Crippen LogP contribution in [0.25, 0.3) is 0 Å². The minimum absolute atomic E-state index is 0.104. The molecule has 0 heterocycles. The molecule has 0 radical (unpaired) electrons. The van der Waals surface area contributed by atoms with E-state index >= 15 is 0 Å². The van der Waals surface area contributed by atoms with Gasteiger partial charge in [0, 0.05) is 17.4 Å². The minimum Gasteiger partial charge on any atom is -0.848 e. The predicted molar refractivity (Wildman–Crippen MR) is 124 cm³/mol. The number of carbonyl (C=O) groups is 1. The van der Waals surface area contributed by atoms with Gasteiger partial charge < -0.3 is 30.6 Å². The van der Waals surface area contributed by atoms with Crippen molar-refractivity contribution in [2.45, 2.75) is 121 Å². The highest BCUT2D eigenvalue weighted by Gasteiger charge is 2.67. The molecule has 0 amide bonds. The van der Waals surface area contributed by atoms with Crippen molar-refractivity contribution in [2.24, 2.45) is 28.6 Å². The van der Waals surface area contributed by atoms with Crippen molar-refractivity contribution in [1.29, 1.82) is 0 Å².